The van der Waals surface area contributed by atoms with Crippen molar-refractivity contribution in [1.29, 1.82) is 0 Å². The van der Waals surface area contributed by atoms with Crippen LogP contribution in [0, 0.1) is 20.2 Å². The van der Waals surface area contributed by atoms with E-state index in [0.717, 1.165) is 6.04 Å². The molecule has 1 saturated heterocycles. The zero-order valence-corrected chi connectivity index (χ0v) is 18.6. The van der Waals surface area contributed by atoms with E-state index in [9.17, 15) is 29.8 Å². The van der Waals surface area contributed by atoms with Crippen LogP contribution in [0.3, 0.4) is 0 Å². The van der Waals surface area contributed by atoms with Crippen LogP contribution >= 0.6 is 0 Å². The Morgan fingerprint density at radius 3 is 1.62 bits per heavy atom. The molecule has 10 nitrogen and oxygen atoms in total. The highest BCUT2D eigenvalue weighted by molar-refractivity contribution is 6.77. The third kappa shape index (κ3) is 5.55. The van der Waals surface area contributed by atoms with Gasteiger partial charge in [0, 0.05) is 24.3 Å². The van der Waals surface area contributed by atoms with Crippen LogP contribution in [0.2, 0.25) is 25.2 Å². The molecule has 11 heteroatoms. The molecule has 0 aliphatic carbocycles. The van der Waals surface area contributed by atoms with Gasteiger partial charge >= 0.3 is 11.9 Å². The first kappa shape index (κ1) is 23.1. The predicted octanol–water partition coefficient (Wildman–Crippen LogP) is 4.37. The maximum atomic E-state index is 12.6. The minimum atomic E-state index is -1.67. The molecule has 0 N–H and O–H groups in total. The van der Waals surface area contributed by atoms with Gasteiger partial charge in [0.05, 0.1) is 29.0 Å². The molecule has 0 spiro atoms. The summed E-state index contributed by atoms with van der Waals surface area (Å²) < 4.78 is 11.3. The van der Waals surface area contributed by atoms with Gasteiger partial charge in [0.2, 0.25) is 0 Å². The highest BCUT2D eigenvalue weighted by atomic mass is 28.3. The second-order valence-corrected chi connectivity index (χ2v) is 13.6. The van der Waals surface area contributed by atoms with Crippen molar-refractivity contribution in [3.8, 4) is 0 Å². The normalized spacial score (nSPS) is 19.6. The number of nitrogens with zero attached hydrogens (tertiary/aromatic N) is 2. The van der Waals surface area contributed by atoms with E-state index in [4.69, 9.17) is 9.47 Å². The van der Waals surface area contributed by atoms with E-state index in [1.807, 2.05) is 0 Å². The summed E-state index contributed by atoms with van der Waals surface area (Å²) in [7, 11) is -1.67. The van der Waals surface area contributed by atoms with Crippen LogP contribution in [0.1, 0.15) is 27.1 Å². The summed E-state index contributed by atoms with van der Waals surface area (Å²) in [5, 5.41) is 21.6. The number of hydrogen-bond acceptors (Lipinski definition) is 8. The van der Waals surface area contributed by atoms with Crippen LogP contribution in [0.25, 0.3) is 0 Å². The van der Waals surface area contributed by atoms with Gasteiger partial charge in [-0.05, 0) is 36.7 Å². The van der Waals surface area contributed by atoms with Gasteiger partial charge in [-0.3, -0.25) is 20.2 Å². The highest BCUT2D eigenvalue weighted by Crippen LogP contribution is 2.33. The van der Waals surface area contributed by atoms with Crippen molar-refractivity contribution in [3.63, 3.8) is 0 Å². The molecule has 168 valence electrons. The van der Waals surface area contributed by atoms with Crippen LogP contribution in [-0.2, 0) is 9.47 Å². The molecule has 0 amide bonds. The van der Waals surface area contributed by atoms with Gasteiger partial charge in [-0.25, -0.2) is 9.59 Å². The molecule has 0 aromatic heterocycles. The number of non-ortho nitro benzene ring substituents is 2. The Morgan fingerprint density at radius 2 is 1.22 bits per heavy atom. The average molecular weight is 458 g/mol. The van der Waals surface area contributed by atoms with Gasteiger partial charge in [0.25, 0.3) is 11.4 Å². The smallest absolute Gasteiger partial charge is 0.338 e. The fourth-order valence-electron chi connectivity index (χ4n) is 3.60. The molecule has 2 aromatic carbocycles. The molecule has 32 heavy (non-hydrogen) atoms. The summed E-state index contributed by atoms with van der Waals surface area (Å²) in [4.78, 5) is 45.7. The Morgan fingerprint density at radius 1 is 0.812 bits per heavy atom. The number of rotatable bonds is 6. The summed E-state index contributed by atoms with van der Waals surface area (Å²) in [6.07, 6.45) is -0.758. The zero-order valence-electron chi connectivity index (χ0n) is 17.6. The number of ether oxygens (including phenoxy) is 2. The number of carbonyl (C=O) groups excluding carboxylic acids is 2. The van der Waals surface area contributed by atoms with Crippen molar-refractivity contribution in [2.75, 3.05) is 0 Å². The van der Waals surface area contributed by atoms with E-state index in [2.05, 4.69) is 13.1 Å². The summed E-state index contributed by atoms with van der Waals surface area (Å²) in [5.74, 6) is -1.30. The fraction of sp³-hybridized carbons (Fsp3) is 0.333. The number of hydrogen-bond donors (Lipinski definition) is 0. The van der Waals surface area contributed by atoms with Crippen molar-refractivity contribution < 1.29 is 28.9 Å². The maximum absolute atomic E-state index is 12.6. The monoisotopic (exact) mass is 458 g/mol. The molecule has 1 aliphatic rings. The minimum absolute atomic E-state index is 0.136. The number of carbonyl (C=O) groups is 2. The van der Waals surface area contributed by atoms with Gasteiger partial charge in [-0.15, -0.1) is 0 Å². The SMILES string of the molecule is C[Si]1(C)CC[C@@H](OC(=O)c2ccc([N+](=O)[O-])cc2)[C@@H](OC(=O)c2ccc([N+](=O)[O-])cc2)C1. The van der Waals surface area contributed by atoms with Crippen molar-refractivity contribution in [1.82, 2.24) is 0 Å². The van der Waals surface area contributed by atoms with Crippen LogP contribution in [0.4, 0.5) is 11.4 Å². The van der Waals surface area contributed by atoms with E-state index < -0.39 is 42.1 Å². The van der Waals surface area contributed by atoms with Gasteiger partial charge in [0.15, 0.2) is 0 Å². The molecule has 3 rings (SSSR count). The second-order valence-electron chi connectivity index (χ2n) is 8.40. The third-order valence-electron chi connectivity index (χ3n) is 5.42. The van der Waals surface area contributed by atoms with Crippen molar-refractivity contribution >= 4 is 31.4 Å². The number of nitro benzene ring substituents is 2. The van der Waals surface area contributed by atoms with Gasteiger partial charge in [0.1, 0.15) is 12.2 Å². The van der Waals surface area contributed by atoms with E-state index in [0.29, 0.717) is 12.5 Å². The van der Waals surface area contributed by atoms with Crippen molar-refractivity contribution in [2.45, 2.75) is 43.8 Å². The first-order chi connectivity index (χ1) is 15.1. The number of esters is 2. The number of benzene rings is 2. The van der Waals surface area contributed by atoms with Crippen LogP contribution < -0.4 is 0 Å². The number of nitro groups is 2. The molecule has 1 heterocycles. The van der Waals surface area contributed by atoms with Gasteiger partial charge < -0.3 is 9.47 Å². The Kier molecular flexibility index (Phi) is 6.68. The fourth-order valence-corrected chi connectivity index (χ4v) is 6.30. The maximum Gasteiger partial charge on any atom is 0.338 e. The highest BCUT2D eigenvalue weighted by Gasteiger charge is 2.40. The lowest BCUT2D eigenvalue weighted by molar-refractivity contribution is -0.385. The second kappa shape index (κ2) is 9.26. The Labute approximate surface area is 184 Å². The summed E-state index contributed by atoms with van der Waals surface area (Å²) in [6, 6.07) is 11.7. The quantitative estimate of drug-likeness (QED) is 0.269. The van der Waals surface area contributed by atoms with E-state index in [1.54, 1.807) is 0 Å². The Bertz CT molecular complexity index is 1040. The van der Waals surface area contributed by atoms with E-state index in [1.165, 1.54) is 48.5 Å². The zero-order chi connectivity index (χ0) is 23.5. The lowest BCUT2D eigenvalue weighted by atomic mass is 10.1. The lowest BCUT2D eigenvalue weighted by Crippen LogP contribution is -2.47. The summed E-state index contributed by atoms with van der Waals surface area (Å²) in [6.45, 7) is 4.32. The van der Waals surface area contributed by atoms with Crippen LogP contribution in [-0.4, -0.2) is 42.1 Å². The van der Waals surface area contributed by atoms with Crippen molar-refractivity contribution in [3.05, 3.63) is 79.9 Å². The van der Waals surface area contributed by atoms with Crippen LogP contribution in [0.15, 0.2) is 48.5 Å². The molecular formula is C21H22N2O8Si. The Balaban J connectivity index is 1.72. The van der Waals surface area contributed by atoms with Gasteiger partial charge in [-0.2, -0.15) is 0 Å². The predicted molar refractivity (Wildman–Crippen MR) is 116 cm³/mol. The molecular weight excluding hydrogens is 436 g/mol. The molecule has 2 atom stereocenters. The molecule has 0 radical (unpaired) electrons. The van der Waals surface area contributed by atoms with E-state index in [-0.39, 0.29) is 22.5 Å². The first-order valence-corrected chi connectivity index (χ1v) is 13.4. The minimum Gasteiger partial charge on any atom is -0.455 e. The molecule has 2 aromatic rings. The molecule has 0 unspecified atom stereocenters. The first-order valence-electron chi connectivity index (χ1n) is 9.97. The molecule has 1 aliphatic heterocycles. The average Bonchev–Trinajstić information content (AvgIpc) is 2.75. The largest absolute Gasteiger partial charge is 0.455 e. The van der Waals surface area contributed by atoms with Crippen molar-refractivity contribution in [2.24, 2.45) is 0 Å². The van der Waals surface area contributed by atoms with Gasteiger partial charge in [-0.1, -0.05) is 19.1 Å². The Hall–Kier alpha value is -3.60. The standard InChI is InChI=1S/C21H22N2O8Si/c1-32(2)12-11-18(30-20(24)14-3-7-16(8-4-14)22(26)27)19(13-32)31-21(25)15-5-9-17(10-6-15)23(28)29/h3-10,18-19H,11-13H2,1-2H3/t18-,19+/m1/s1. The van der Waals surface area contributed by atoms with Crippen LogP contribution in [0.5, 0.6) is 0 Å². The summed E-state index contributed by atoms with van der Waals surface area (Å²) >= 11 is 0. The van der Waals surface area contributed by atoms with E-state index >= 15 is 0 Å². The lowest BCUT2D eigenvalue weighted by Gasteiger charge is -2.38. The third-order valence-corrected chi connectivity index (χ3v) is 8.57. The molecule has 1 fully saturated rings. The molecule has 0 saturated carbocycles. The molecule has 0 bridgehead atoms. The topological polar surface area (TPSA) is 139 Å². The summed E-state index contributed by atoms with van der Waals surface area (Å²) in [5.41, 5.74) is 0.0590.